The molecular formula is C43H32N2. The highest BCUT2D eigenvalue weighted by molar-refractivity contribution is 5.89. The van der Waals surface area contributed by atoms with Crippen LogP contribution in [0, 0.1) is 0 Å². The zero-order chi connectivity index (χ0) is 30.4. The number of nitrogens with zero attached hydrogens (tertiary/aromatic N) is 2. The van der Waals surface area contributed by atoms with Crippen molar-refractivity contribution in [3.05, 3.63) is 169 Å². The van der Waals surface area contributed by atoms with E-state index in [1.54, 1.807) is 0 Å². The maximum atomic E-state index is 5.17. The Morgan fingerprint density at radius 2 is 0.867 bits per heavy atom. The summed E-state index contributed by atoms with van der Waals surface area (Å²) < 4.78 is 0. The summed E-state index contributed by atoms with van der Waals surface area (Å²) in [5, 5.41) is 0. The van der Waals surface area contributed by atoms with E-state index in [2.05, 4.69) is 147 Å². The van der Waals surface area contributed by atoms with E-state index in [-0.39, 0.29) is 5.41 Å². The quantitative estimate of drug-likeness (QED) is 0.204. The third kappa shape index (κ3) is 4.76. The number of rotatable bonds is 5. The monoisotopic (exact) mass is 576 g/mol. The number of fused-ring (bicyclic) bond motifs is 3. The molecule has 1 aromatic heterocycles. The molecule has 0 saturated carbocycles. The highest BCUT2D eigenvalue weighted by atomic mass is 14.9. The first-order valence-electron chi connectivity index (χ1n) is 15.5. The molecule has 214 valence electrons. The standard InChI is InChI=1S/C43H32N2/c1-43(2)38-20-12-11-18-35(38)37-27-33(25-26-39(37)43)34-17-9-10-19-36(34)41-28-40(44-42(45-41)32-15-7-4-8-16-32)31-23-21-30(22-24-31)29-13-5-3-6-14-29/h3-28H,1-2H3. The van der Waals surface area contributed by atoms with Gasteiger partial charge in [0.1, 0.15) is 0 Å². The van der Waals surface area contributed by atoms with Crippen molar-refractivity contribution in [3.8, 4) is 67.3 Å². The third-order valence-corrected chi connectivity index (χ3v) is 9.14. The van der Waals surface area contributed by atoms with Crippen molar-refractivity contribution in [1.82, 2.24) is 9.97 Å². The molecule has 1 heterocycles. The van der Waals surface area contributed by atoms with Gasteiger partial charge < -0.3 is 0 Å². The van der Waals surface area contributed by atoms with E-state index in [0.29, 0.717) is 0 Å². The van der Waals surface area contributed by atoms with Crippen LogP contribution in [0.1, 0.15) is 25.0 Å². The van der Waals surface area contributed by atoms with Crippen LogP contribution < -0.4 is 0 Å². The van der Waals surface area contributed by atoms with Gasteiger partial charge in [-0.05, 0) is 56.6 Å². The van der Waals surface area contributed by atoms with Crippen molar-refractivity contribution >= 4 is 0 Å². The Kier molecular flexibility index (Phi) is 6.50. The van der Waals surface area contributed by atoms with Gasteiger partial charge in [0.2, 0.25) is 0 Å². The van der Waals surface area contributed by atoms with E-state index in [1.165, 1.54) is 38.9 Å². The van der Waals surface area contributed by atoms with Gasteiger partial charge in [0.05, 0.1) is 11.4 Å². The van der Waals surface area contributed by atoms with Crippen molar-refractivity contribution in [2.45, 2.75) is 19.3 Å². The normalized spacial score (nSPS) is 12.8. The molecule has 0 amide bonds. The summed E-state index contributed by atoms with van der Waals surface area (Å²) in [5.41, 5.74) is 15.1. The zero-order valence-corrected chi connectivity index (χ0v) is 25.4. The number of hydrogen-bond donors (Lipinski definition) is 0. The third-order valence-electron chi connectivity index (χ3n) is 9.14. The molecular weight excluding hydrogens is 544 g/mol. The fourth-order valence-corrected chi connectivity index (χ4v) is 6.76. The predicted octanol–water partition coefficient (Wildman–Crippen LogP) is 11.1. The molecule has 0 bridgehead atoms. The molecule has 0 N–H and O–H groups in total. The second-order valence-electron chi connectivity index (χ2n) is 12.2. The van der Waals surface area contributed by atoms with E-state index < -0.39 is 0 Å². The van der Waals surface area contributed by atoms with Crippen molar-refractivity contribution in [1.29, 1.82) is 0 Å². The van der Waals surface area contributed by atoms with Crippen molar-refractivity contribution in [2.75, 3.05) is 0 Å². The van der Waals surface area contributed by atoms with Gasteiger partial charge in [-0.15, -0.1) is 0 Å². The lowest BCUT2D eigenvalue weighted by Crippen LogP contribution is -2.14. The van der Waals surface area contributed by atoms with Crippen LogP contribution in [-0.2, 0) is 5.41 Å². The Labute approximate surface area is 264 Å². The molecule has 8 rings (SSSR count). The smallest absolute Gasteiger partial charge is 0.160 e. The van der Waals surface area contributed by atoms with Gasteiger partial charge in [0, 0.05) is 22.1 Å². The molecule has 2 heteroatoms. The van der Waals surface area contributed by atoms with Gasteiger partial charge in [-0.3, -0.25) is 0 Å². The number of benzene rings is 6. The van der Waals surface area contributed by atoms with Gasteiger partial charge >= 0.3 is 0 Å². The van der Waals surface area contributed by atoms with Crippen LogP contribution in [0.15, 0.2) is 158 Å². The first-order valence-corrected chi connectivity index (χ1v) is 15.5. The average molecular weight is 577 g/mol. The Balaban J connectivity index is 1.27. The lowest BCUT2D eigenvalue weighted by molar-refractivity contribution is 0.660. The lowest BCUT2D eigenvalue weighted by atomic mass is 9.82. The number of hydrogen-bond acceptors (Lipinski definition) is 2. The van der Waals surface area contributed by atoms with Crippen LogP contribution in [0.2, 0.25) is 0 Å². The SMILES string of the molecule is CC1(C)c2ccccc2-c2cc(-c3ccccc3-c3cc(-c4ccc(-c5ccccc5)cc4)nc(-c4ccccc4)n3)ccc21. The minimum atomic E-state index is -0.0217. The van der Waals surface area contributed by atoms with E-state index in [9.17, 15) is 0 Å². The summed E-state index contributed by atoms with van der Waals surface area (Å²) in [4.78, 5) is 10.3. The molecule has 6 aromatic carbocycles. The van der Waals surface area contributed by atoms with Gasteiger partial charge in [-0.2, -0.15) is 0 Å². The maximum absolute atomic E-state index is 5.17. The van der Waals surface area contributed by atoms with Crippen LogP contribution in [0.5, 0.6) is 0 Å². The summed E-state index contributed by atoms with van der Waals surface area (Å²) in [7, 11) is 0. The molecule has 45 heavy (non-hydrogen) atoms. The topological polar surface area (TPSA) is 25.8 Å². The highest BCUT2D eigenvalue weighted by Crippen LogP contribution is 2.50. The van der Waals surface area contributed by atoms with Crippen molar-refractivity contribution in [3.63, 3.8) is 0 Å². The van der Waals surface area contributed by atoms with Crippen LogP contribution >= 0.6 is 0 Å². The molecule has 0 fully saturated rings. The molecule has 0 unspecified atom stereocenters. The van der Waals surface area contributed by atoms with Crippen LogP contribution in [0.25, 0.3) is 67.3 Å². The van der Waals surface area contributed by atoms with Crippen molar-refractivity contribution in [2.24, 2.45) is 0 Å². The van der Waals surface area contributed by atoms with Crippen LogP contribution in [0.3, 0.4) is 0 Å². The first-order chi connectivity index (χ1) is 22.1. The summed E-state index contributed by atoms with van der Waals surface area (Å²) in [6.45, 7) is 4.65. The molecule has 7 aromatic rings. The van der Waals surface area contributed by atoms with Gasteiger partial charge in [0.15, 0.2) is 5.82 Å². The second kappa shape index (κ2) is 10.8. The molecule has 0 aliphatic heterocycles. The Hall–Kier alpha value is -5.60. The molecule has 1 aliphatic rings. The predicted molar refractivity (Wildman–Crippen MR) is 187 cm³/mol. The largest absolute Gasteiger partial charge is 0.228 e. The molecule has 1 aliphatic carbocycles. The average Bonchev–Trinajstić information content (AvgIpc) is 3.34. The fraction of sp³-hybridized carbons (Fsp3) is 0.0698. The summed E-state index contributed by atoms with van der Waals surface area (Å²) >= 11 is 0. The number of aromatic nitrogens is 2. The molecule has 0 atom stereocenters. The van der Waals surface area contributed by atoms with E-state index in [1.807, 2.05) is 24.3 Å². The lowest BCUT2D eigenvalue weighted by Gasteiger charge is -2.21. The van der Waals surface area contributed by atoms with Crippen LogP contribution in [-0.4, -0.2) is 9.97 Å². The zero-order valence-electron chi connectivity index (χ0n) is 25.4. The highest BCUT2D eigenvalue weighted by Gasteiger charge is 2.35. The minimum absolute atomic E-state index is 0.0217. The van der Waals surface area contributed by atoms with E-state index in [0.717, 1.165) is 39.5 Å². The van der Waals surface area contributed by atoms with Gasteiger partial charge in [-0.25, -0.2) is 9.97 Å². The Bertz CT molecular complexity index is 2160. The molecule has 0 radical (unpaired) electrons. The fourth-order valence-electron chi connectivity index (χ4n) is 6.76. The van der Waals surface area contributed by atoms with E-state index >= 15 is 0 Å². The summed E-state index contributed by atoms with van der Waals surface area (Å²) in [6.07, 6.45) is 0. The first kappa shape index (κ1) is 27.0. The molecule has 2 nitrogen and oxygen atoms in total. The summed E-state index contributed by atoms with van der Waals surface area (Å²) in [5.74, 6) is 0.717. The Morgan fingerprint density at radius 1 is 0.356 bits per heavy atom. The summed E-state index contributed by atoms with van der Waals surface area (Å²) in [6, 6.07) is 55.9. The van der Waals surface area contributed by atoms with Crippen LogP contribution in [0.4, 0.5) is 0 Å². The van der Waals surface area contributed by atoms with Gasteiger partial charge in [0.25, 0.3) is 0 Å². The molecule has 0 spiro atoms. The Morgan fingerprint density at radius 3 is 1.60 bits per heavy atom. The van der Waals surface area contributed by atoms with E-state index in [4.69, 9.17) is 9.97 Å². The molecule has 0 saturated heterocycles. The second-order valence-corrected chi connectivity index (χ2v) is 12.2. The maximum Gasteiger partial charge on any atom is 0.160 e. The van der Waals surface area contributed by atoms with Gasteiger partial charge in [-0.1, -0.05) is 159 Å². The van der Waals surface area contributed by atoms with Crippen molar-refractivity contribution < 1.29 is 0 Å². The minimum Gasteiger partial charge on any atom is -0.228 e.